The monoisotopic (exact) mass is 294 g/mol. The van der Waals surface area contributed by atoms with Crippen molar-refractivity contribution in [1.29, 1.82) is 0 Å². The van der Waals surface area contributed by atoms with Crippen molar-refractivity contribution in [3.8, 4) is 5.69 Å². The number of aromatic nitrogens is 2. The number of aliphatic hydroxyl groups excluding tert-OH is 1. The van der Waals surface area contributed by atoms with E-state index in [9.17, 15) is 17.6 Å². The summed E-state index contributed by atoms with van der Waals surface area (Å²) in [7, 11) is 0. The first-order valence-corrected chi connectivity index (χ1v) is 5.43. The summed E-state index contributed by atoms with van der Waals surface area (Å²) in [5.74, 6) is -0.636. The highest BCUT2D eigenvalue weighted by atomic mass is 35.5. The number of nitrogens with zero attached hydrogens (tertiary/aromatic N) is 2. The maximum atomic E-state index is 13.1. The summed E-state index contributed by atoms with van der Waals surface area (Å²) in [6.07, 6.45) is -4.75. The van der Waals surface area contributed by atoms with E-state index in [1.54, 1.807) is 0 Å². The fraction of sp³-hybridized carbons (Fsp3) is 0.182. The molecule has 2 aromatic rings. The van der Waals surface area contributed by atoms with Gasteiger partial charge in [0.25, 0.3) is 0 Å². The van der Waals surface area contributed by atoms with Crippen LogP contribution in [0.25, 0.3) is 5.69 Å². The van der Waals surface area contributed by atoms with Gasteiger partial charge in [-0.05, 0) is 18.2 Å². The van der Waals surface area contributed by atoms with Crippen LogP contribution < -0.4 is 0 Å². The number of hydrogen-bond acceptors (Lipinski definition) is 2. The van der Waals surface area contributed by atoms with E-state index >= 15 is 0 Å². The van der Waals surface area contributed by atoms with Gasteiger partial charge in [-0.1, -0.05) is 17.7 Å². The summed E-state index contributed by atoms with van der Waals surface area (Å²) in [5, 5.41) is 11.9. The summed E-state index contributed by atoms with van der Waals surface area (Å²) in [5.41, 5.74) is -1.79. The van der Waals surface area contributed by atoms with Crippen LogP contribution >= 0.6 is 11.6 Å². The molecule has 19 heavy (non-hydrogen) atoms. The third-order valence-electron chi connectivity index (χ3n) is 2.40. The third-order valence-corrected chi connectivity index (χ3v) is 2.79. The van der Waals surface area contributed by atoms with Crippen LogP contribution in [0.1, 0.15) is 11.3 Å². The van der Waals surface area contributed by atoms with Gasteiger partial charge in [0.2, 0.25) is 0 Å². The maximum absolute atomic E-state index is 13.1. The number of hydrogen-bond donors (Lipinski definition) is 1. The largest absolute Gasteiger partial charge is 0.435 e. The number of aliphatic hydroxyl groups is 1. The van der Waals surface area contributed by atoms with Crippen LogP contribution in [-0.4, -0.2) is 14.9 Å². The molecular formula is C11H7ClF4N2O. The summed E-state index contributed by atoms with van der Waals surface area (Å²) in [6.45, 7) is -0.914. The van der Waals surface area contributed by atoms with Gasteiger partial charge in [-0.3, -0.25) is 0 Å². The second-order valence-corrected chi connectivity index (χ2v) is 4.02. The molecule has 0 aliphatic heterocycles. The molecule has 0 amide bonds. The van der Waals surface area contributed by atoms with Crippen molar-refractivity contribution in [2.75, 3.05) is 0 Å². The van der Waals surface area contributed by atoms with Crippen molar-refractivity contribution >= 4 is 11.6 Å². The van der Waals surface area contributed by atoms with Gasteiger partial charge < -0.3 is 5.11 Å². The van der Waals surface area contributed by atoms with Gasteiger partial charge in [0.1, 0.15) is 11.0 Å². The maximum Gasteiger partial charge on any atom is 0.435 e. The zero-order valence-corrected chi connectivity index (χ0v) is 10.0. The van der Waals surface area contributed by atoms with Crippen LogP contribution in [0.3, 0.4) is 0 Å². The van der Waals surface area contributed by atoms with Crippen LogP contribution in [0.4, 0.5) is 17.6 Å². The first-order chi connectivity index (χ1) is 8.84. The predicted octanol–water partition coefficient (Wildman–Crippen LogP) is 3.18. The minimum Gasteiger partial charge on any atom is -0.391 e. The molecule has 1 heterocycles. The molecular weight excluding hydrogens is 288 g/mol. The molecule has 0 saturated heterocycles. The smallest absolute Gasteiger partial charge is 0.391 e. The van der Waals surface area contributed by atoms with E-state index in [2.05, 4.69) is 5.10 Å². The third kappa shape index (κ3) is 2.57. The van der Waals surface area contributed by atoms with Crippen molar-refractivity contribution in [1.82, 2.24) is 9.78 Å². The van der Waals surface area contributed by atoms with Crippen LogP contribution in [0, 0.1) is 5.82 Å². The molecule has 0 bridgehead atoms. The summed E-state index contributed by atoms with van der Waals surface area (Å²) in [4.78, 5) is 0. The molecule has 1 aromatic heterocycles. The van der Waals surface area contributed by atoms with Crippen LogP contribution in [0.15, 0.2) is 24.3 Å². The normalized spacial score (nSPS) is 11.9. The fourth-order valence-electron chi connectivity index (χ4n) is 1.58. The van der Waals surface area contributed by atoms with E-state index < -0.39 is 35.0 Å². The van der Waals surface area contributed by atoms with E-state index in [1.807, 2.05) is 0 Å². The molecule has 1 aromatic carbocycles. The van der Waals surface area contributed by atoms with E-state index in [1.165, 1.54) is 12.1 Å². The molecule has 0 fully saturated rings. The van der Waals surface area contributed by atoms with Crippen molar-refractivity contribution in [2.24, 2.45) is 0 Å². The Morgan fingerprint density at radius 2 is 2.00 bits per heavy atom. The van der Waals surface area contributed by atoms with Crippen molar-refractivity contribution in [2.45, 2.75) is 12.8 Å². The Hall–Kier alpha value is -1.60. The van der Waals surface area contributed by atoms with Crippen LogP contribution in [-0.2, 0) is 12.8 Å². The van der Waals surface area contributed by atoms with Crippen LogP contribution in [0.5, 0.6) is 0 Å². The molecule has 1 N–H and O–H groups in total. The number of halogens is 5. The quantitative estimate of drug-likeness (QED) is 0.864. The number of alkyl halides is 3. The lowest BCUT2D eigenvalue weighted by Crippen LogP contribution is -2.09. The Kier molecular flexibility index (Phi) is 3.51. The highest BCUT2D eigenvalue weighted by molar-refractivity contribution is 6.30. The molecule has 0 unspecified atom stereocenters. The Morgan fingerprint density at radius 3 is 2.47 bits per heavy atom. The lowest BCUT2D eigenvalue weighted by Gasteiger charge is -2.03. The van der Waals surface area contributed by atoms with Crippen molar-refractivity contribution in [3.63, 3.8) is 0 Å². The van der Waals surface area contributed by atoms with E-state index in [-0.39, 0.29) is 5.69 Å². The lowest BCUT2D eigenvalue weighted by atomic mass is 10.2. The molecule has 0 aliphatic carbocycles. The topological polar surface area (TPSA) is 38.1 Å². The zero-order valence-electron chi connectivity index (χ0n) is 9.25. The van der Waals surface area contributed by atoms with Gasteiger partial charge in [0, 0.05) is 5.56 Å². The first kappa shape index (κ1) is 13.8. The van der Waals surface area contributed by atoms with Gasteiger partial charge >= 0.3 is 6.18 Å². The average Bonchev–Trinajstić information content (AvgIpc) is 2.66. The SMILES string of the molecule is OCc1c(C(F)(F)F)nn(-c2cccc(F)c2)c1Cl. The number of benzene rings is 1. The van der Waals surface area contributed by atoms with Gasteiger partial charge in [-0.25, -0.2) is 9.07 Å². The lowest BCUT2D eigenvalue weighted by molar-refractivity contribution is -0.142. The second-order valence-electron chi connectivity index (χ2n) is 3.67. The number of rotatable bonds is 2. The van der Waals surface area contributed by atoms with Crippen molar-refractivity contribution in [3.05, 3.63) is 46.5 Å². The first-order valence-electron chi connectivity index (χ1n) is 5.06. The molecule has 3 nitrogen and oxygen atoms in total. The van der Waals surface area contributed by atoms with E-state index in [0.29, 0.717) is 0 Å². The molecule has 2 rings (SSSR count). The second kappa shape index (κ2) is 4.82. The Morgan fingerprint density at radius 1 is 1.32 bits per heavy atom. The summed E-state index contributed by atoms with van der Waals surface area (Å²) < 4.78 is 51.9. The minimum absolute atomic E-state index is 0.0372. The molecule has 0 atom stereocenters. The molecule has 0 saturated carbocycles. The highest BCUT2D eigenvalue weighted by Gasteiger charge is 2.39. The van der Waals surface area contributed by atoms with Gasteiger partial charge in [-0.15, -0.1) is 0 Å². The van der Waals surface area contributed by atoms with Gasteiger partial charge in [0.05, 0.1) is 12.3 Å². The van der Waals surface area contributed by atoms with Gasteiger partial charge in [0.15, 0.2) is 5.69 Å². The summed E-state index contributed by atoms with van der Waals surface area (Å²) in [6, 6.07) is 4.79. The summed E-state index contributed by atoms with van der Waals surface area (Å²) >= 11 is 5.74. The Bertz CT molecular complexity index is 609. The molecule has 102 valence electrons. The molecule has 0 radical (unpaired) electrons. The molecule has 8 heteroatoms. The minimum atomic E-state index is -4.75. The Labute approximate surface area is 110 Å². The fourth-order valence-corrected chi connectivity index (χ4v) is 1.86. The van der Waals surface area contributed by atoms with E-state index in [0.717, 1.165) is 16.8 Å². The molecule has 0 spiro atoms. The van der Waals surface area contributed by atoms with Gasteiger partial charge in [-0.2, -0.15) is 18.3 Å². The van der Waals surface area contributed by atoms with E-state index in [4.69, 9.17) is 16.7 Å². The van der Waals surface area contributed by atoms with Crippen molar-refractivity contribution < 1.29 is 22.7 Å². The van der Waals surface area contributed by atoms with Crippen LogP contribution in [0.2, 0.25) is 5.15 Å². The highest BCUT2D eigenvalue weighted by Crippen LogP contribution is 2.35. The predicted molar refractivity (Wildman–Crippen MR) is 59.5 cm³/mol. The zero-order chi connectivity index (χ0) is 14.2. The standard InChI is InChI=1S/C11H7ClF4N2O/c12-10-8(5-19)9(11(14,15)16)17-18(10)7-3-1-2-6(13)4-7/h1-4,19H,5H2. The Balaban J connectivity index is 2.63. The molecule has 0 aliphatic rings. The average molecular weight is 295 g/mol.